The van der Waals surface area contributed by atoms with E-state index in [1.807, 2.05) is 6.07 Å². The van der Waals surface area contributed by atoms with Crippen LogP contribution in [-0.4, -0.2) is 58.6 Å². The minimum Gasteiger partial charge on any atom is -0.494 e. The van der Waals surface area contributed by atoms with Gasteiger partial charge in [0.25, 0.3) is 0 Å². The molecule has 9 heteroatoms. The van der Waals surface area contributed by atoms with Crippen LogP contribution >= 0.6 is 11.6 Å². The van der Waals surface area contributed by atoms with Crippen molar-refractivity contribution in [2.45, 2.75) is 20.0 Å². The Hall–Kier alpha value is -2.58. The van der Waals surface area contributed by atoms with Crippen LogP contribution in [0.5, 0.6) is 5.75 Å². The van der Waals surface area contributed by atoms with E-state index < -0.39 is 0 Å². The van der Waals surface area contributed by atoms with Gasteiger partial charge in [-0.3, -0.25) is 5.10 Å². The number of fused-ring (bicyclic) bond motifs is 1. The Balaban J connectivity index is 1.60. The fourth-order valence-electron chi connectivity index (χ4n) is 3.78. The van der Waals surface area contributed by atoms with Crippen molar-refractivity contribution in [3.05, 3.63) is 34.7 Å². The molecule has 0 spiro atoms. The molecule has 0 aliphatic carbocycles. The van der Waals surface area contributed by atoms with E-state index in [1.165, 1.54) is 0 Å². The molecule has 3 aromatic rings. The highest BCUT2D eigenvalue weighted by molar-refractivity contribution is 6.31. The average Bonchev–Trinajstić information content (AvgIpc) is 3.16. The third kappa shape index (κ3) is 3.22. The summed E-state index contributed by atoms with van der Waals surface area (Å²) in [6, 6.07) is 3.63. The molecule has 1 fully saturated rings. The van der Waals surface area contributed by atoms with Crippen LogP contribution in [0, 0.1) is 0 Å². The lowest BCUT2D eigenvalue weighted by Crippen LogP contribution is -2.47. The number of methoxy groups -OCH3 is 1. The number of hydrogen-bond acceptors (Lipinski definition) is 7. The summed E-state index contributed by atoms with van der Waals surface area (Å²) in [4.78, 5) is 13.3. The molecule has 1 aliphatic rings. The first-order chi connectivity index (χ1) is 13.7. The number of H-pyrrole nitrogens is 1. The van der Waals surface area contributed by atoms with E-state index in [4.69, 9.17) is 16.3 Å². The maximum Gasteiger partial charge on any atom is 0.186 e. The molecule has 1 saturated heterocycles. The number of halogens is 1. The second kappa shape index (κ2) is 7.81. The highest BCUT2D eigenvalue weighted by atomic mass is 35.5. The lowest BCUT2D eigenvalue weighted by molar-refractivity contribution is 0.274. The van der Waals surface area contributed by atoms with E-state index in [1.54, 1.807) is 19.5 Å². The van der Waals surface area contributed by atoms with Gasteiger partial charge in [-0.2, -0.15) is 5.10 Å². The molecule has 2 N–H and O–H groups in total. The highest BCUT2D eigenvalue weighted by Gasteiger charge is 2.25. The lowest BCUT2D eigenvalue weighted by Gasteiger charge is -2.37. The Morgan fingerprint density at radius 3 is 2.61 bits per heavy atom. The molecule has 3 heterocycles. The number of piperazine rings is 1. The van der Waals surface area contributed by atoms with Crippen molar-refractivity contribution in [2.75, 3.05) is 43.1 Å². The number of ether oxygens (including phenoxy) is 1. The molecule has 0 amide bonds. The Bertz CT molecular complexity index is 984. The van der Waals surface area contributed by atoms with Gasteiger partial charge in [0.15, 0.2) is 5.65 Å². The largest absolute Gasteiger partial charge is 0.494 e. The van der Waals surface area contributed by atoms with E-state index >= 15 is 0 Å². The number of aliphatic hydroxyl groups is 1. The van der Waals surface area contributed by atoms with Gasteiger partial charge >= 0.3 is 0 Å². The van der Waals surface area contributed by atoms with E-state index in [0.717, 1.165) is 55.2 Å². The van der Waals surface area contributed by atoms with Crippen molar-refractivity contribution in [1.82, 2.24) is 20.2 Å². The summed E-state index contributed by atoms with van der Waals surface area (Å²) in [5.74, 6) is 1.59. The SMILES string of the molecule is CCc1[nH]nc2ncnc(N3CCN(c4cc(Cl)cc(CO)c4OC)CC3)c12. The van der Waals surface area contributed by atoms with Crippen molar-refractivity contribution in [2.24, 2.45) is 0 Å². The number of aryl methyl sites for hydroxylation is 1. The van der Waals surface area contributed by atoms with Crippen molar-refractivity contribution in [3.63, 3.8) is 0 Å². The first kappa shape index (κ1) is 18.8. The fraction of sp³-hybridized carbons (Fsp3) is 0.421. The molecular formula is C19H23ClN6O2. The molecule has 8 nitrogen and oxygen atoms in total. The zero-order chi connectivity index (χ0) is 19.7. The Morgan fingerprint density at radius 1 is 1.18 bits per heavy atom. The predicted molar refractivity (Wildman–Crippen MR) is 109 cm³/mol. The predicted octanol–water partition coefficient (Wildman–Crippen LogP) is 2.40. The molecule has 4 rings (SSSR count). The normalized spacial score (nSPS) is 14.7. The van der Waals surface area contributed by atoms with E-state index in [-0.39, 0.29) is 6.61 Å². The number of aliphatic hydroxyl groups excluding tert-OH is 1. The Kier molecular flexibility index (Phi) is 5.23. The number of nitrogens with one attached hydrogen (secondary N) is 1. The minimum absolute atomic E-state index is 0.115. The van der Waals surface area contributed by atoms with Gasteiger partial charge in [-0.25, -0.2) is 9.97 Å². The van der Waals surface area contributed by atoms with E-state index in [0.29, 0.717) is 22.0 Å². The van der Waals surface area contributed by atoms with Crippen LogP contribution < -0.4 is 14.5 Å². The van der Waals surface area contributed by atoms with E-state index in [2.05, 4.69) is 36.9 Å². The maximum absolute atomic E-state index is 9.63. The molecule has 0 radical (unpaired) electrons. The zero-order valence-corrected chi connectivity index (χ0v) is 16.7. The summed E-state index contributed by atoms with van der Waals surface area (Å²) in [7, 11) is 1.62. The van der Waals surface area contributed by atoms with Crippen LogP contribution in [-0.2, 0) is 13.0 Å². The smallest absolute Gasteiger partial charge is 0.186 e. The van der Waals surface area contributed by atoms with Crippen LogP contribution in [0.4, 0.5) is 11.5 Å². The number of hydrogen-bond donors (Lipinski definition) is 2. The summed E-state index contributed by atoms with van der Waals surface area (Å²) in [5.41, 5.74) is 3.35. The van der Waals surface area contributed by atoms with Gasteiger partial charge in [0.1, 0.15) is 17.9 Å². The monoisotopic (exact) mass is 402 g/mol. The summed E-state index contributed by atoms with van der Waals surface area (Å²) >= 11 is 6.26. The molecule has 1 aromatic carbocycles. The second-order valence-corrected chi connectivity index (χ2v) is 7.14. The molecule has 0 unspecified atom stereocenters. The number of anilines is 2. The minimum atomic E-state index is -0.115. The number of aromatic nitrogens is 4. The molecule has 2 aromatic heterocycles. The summed E-state index contributed by atoms with van der Waals surface area (Å²) in [6.45, 7) is 5.13. The lowest BCUT2D eigenvalue weighted by atomic mass is 10.1. The molecule has 1 aliphatic heterocycles. The van der Waals surface area contributed by atoms with Gasteiger partial charge in [0, 0.05) is 42.5 Å². The van der Waals surface area contributed by atoms with Gasteiger partial charge in [0.2, 0.25) is 0 Å². The van der Waals surface area contributed by atoms with Crippen LogP contribution in [0.25, 0.3) is 11.0 Å². The average molecular weight is 403 g/mol. The van der Waals surface area contributed by atoms with Crippen molar-refractivity contribution in [3.8, 4) is 5.75 Å². The molecule has 0 atom stereocenters. The van der Waals surface area contributed by atoms with Crippen LogP contribution in [0.2, 0.25) is 5.02 Å². The van der Waals surface area contributed by atoms with Gasteiger partial charge in [-0.15, -0.1) is 0 Å². The zero-order valence-electron chi connectivity index (χ0n) is 15.9. The Morgan fingerprint density at radius 2 is 1.93 bits per heavy atom. The third-order valence-electron chi connectivity index (χ3n) is 5.16. The van der Waals surface area contributed by atoms with E-state index in [9.17, 15) is 5.11 Å². The first-order valence-electron chi connectivity index (χ1n) is 9.31. The summed E-state index contributed by atoms with van der Waals surface area (Å²) in [6.07, 6.45) is 2.42. The molecule has 148 valence electrons. The van der Waals surface area contributed by atoms with Crippen molar-refractivity contribution < 1.29 is 9.84 Å². The molecule has 0 bridgehead atoms. The van der Waals surface area contributed by atoms with Crippen molar-refractivity contribution in [1.29, 1.82) is 0 Å². The third-order valence-corrected chi connectivity index (χ3v) is 5.38. The van der Waals surface area contributed by atoms with Crippen molar-refractivity contribution >= 4 is 34.1 Å². The van der Waals surface area contributed by atoms with Crippen LogP contribution in [0.15, 0.2) is 18.5 Å². The standard InChI is InChI=1S/C19H23ClN6O2/c1-3-14-16-18(24-23-14)21-11-22-19(16)26-6-4-25(5-7-26)15-9-13(20)8-12(10-27)17(15)28-2/h8-9,11,27H,3-7,10H2,1-2H3,(H,21,22,23,24). The summed E-state index contributed by atoms with van der Waals surface area (Å²) in [5, 5.41) is 18.6. The van der Waals surface area contributed by atoms with Gasteiger partial charge in [-0.1, -0.05) is 18.5 Å². The fourth-order valence-corrected chi connectivity index (χ4v) is 4.01. The molecule has 0 saturated carbocycles. The highest BCUT2D eigenvalue weighted by Crippen LogP contribution is 2.36. The molecule has 28 heavy (non-hydrogen) atoms. The number of aromatic amines is 1. The number of rotatable bonds is 5. The topological polar surface area (TPSA) is 90.4 Å². The summed E-state index contributed by atoms with van der Waals surface area (Å²) < 4.78 is 5.56. The maximum atomic E-state index is 9.63. The molecular weight excluding hydrogens is 380 g/mol. The second-order valence-electron chi connectivity index (χ2n) is 6.70. The Labute approximate surface area is 168 Å². The van der Waals surface area contributed by atoms with Gasteiger partial charge in [0.05, 0.1) is 24.8 Å². The van der Waals surface area contributed by atoms with Gasteiger partial charge in [-0.05, 0) is 18.6 Å². The first-order valence-corrected chi connectivity index (χ1v) is 9.69. The van der Waals surface area contributed by atoms with Gasteiger partial charge < -0.3 is 19.6 Å². The number of benzene rings is 1. The van der Waals surface area contributed by atoms with Crippen LogP contribution in [0.1, 0.15) is 18.2 Å². The van der Waals surface area contributed by atoms with Crippen LogP contribution in [0.3, 0.4) is 0 Å². The number of nitrogens with zero attached hydrogens (tertiary/aromatic N) is 5. The quantitative estimate of drug-likeness (QED) is 0.677.